The number of carbonyl (C=O) groups excluding carboxylic acids is 1. The number of likely N-dealkylation sites (tertiary alicyclic amines) is 1. The van der Waals surface area contributed by atoms with E-state index in [1.165, 1.54) is 13.0 Å². The van der Waals surface area contributed by atoms with Crippen molar-refractivity contribution < 1.29 is 45.7 Å². The highest BCUT2D eigenvalue weighted by Gasteiger charge is 2.51. The van der Waals surface area contributed by atoms with Crippen LogP contribution in [-0.4, -0.2) is 47.9 Å². The van der Waals surface area contributed by atoms with Crippen molar-refractivity contribution >= 4 is 5.78 Å². The van der Waals surface area contributed by atoms with Gasteiger partial charge >= 0.3 is 12.4 Å². The normalized spacial score (nSPS) is 27.9. The maximum absolute atomic E-state index is 13.5. The fourth-order valence-electron chi connectivity index (χ4n) is 6.55. The molecule has 2 aromatic carbocycles. The van der Waals surface area contributed by atoms with E-state index in [1.54, 1.807) is 4.90 Å². The van der Waals surface area contributed by atoms with E-state index in [0.29, 0.717) is 37.2 Å². The number of alkyl halides is 6. The first-order valence-electron chi connectivity index (χ1n) is 13.5. The van der Waals surface area contributed by atoms with Crippen molar-refractivity contribution in [2.75, 3.05) is 19.8 Å². The second-order valence-corrected chi connectivity index (χ2v) is 11.1. The lowest BCUT2D eigenvalue weighted by Gasteiger charge is -2.41. The van der Waals surface area contributed by atoms with Gasteiger partial charge in [-0.2, -0.15) is 26.3 Å². The number of aryl methyl sites for hydroxylation is 1. The van der Waals surface area contributed by atoms with E-state index in [1.807, 2.05) is 31.2 Å². The average molecular weight is 584 g/mol. The lowest BCUT2D eigenvalue weighted by atomic mass is 9.68. The molecule has 0 spiro atoms. The van der Waals surface area contributed by atoms with Gasteiger partial charge in [0, 0.05) is 30.2 Å². The molecule has 2 fully saturated rings. The van der Waals surface area contributed by atoms with Crippen LogP contribution in [0, 0.1) is 18.8 Å². The summed E-state index contributed by atoms with van der Waals surface area (Å²) >= 11 is 0. The summed E-state index contributed by atoms with van der Waals surface area (Å²) in [4.78, 5) is 13.8. The molecule has 2 aliphatic heterocycles. The van der Waals surface area contributed by atoms with Crippen LogP contribution in [0.4, 0.5) is 26.3 Å². The van der Waals surface area contributed by atoms with Crippen LogP contribution in [0.25, 0.3) is 0 Å². The first kappa shape index (κ1) is 29.6. The molecule has 6 atom stereocenters. The largest absolute Gasteiger partial charge is 0.416 e. The minimum absolute atomic E-state index is 0.0223. The summed E-state index contributed by atoms with van der Waals surface area (Å²) in [6.45, 7) is 3.95. The standard InChI is InChI=1S/C30H31F6NO4/c1-16-5-3-4-6-23(16)27-25-13-37(21-12-22(38)15-40-14-21)28(39)24(25)7-8-26(27)41-17(2)18-9-19(29(31,32)33)11-20(10-18)30(34,35)36/h3-6,9-12,17,24-28,39H,7-8,13-15H2,1-2H3/t17-,24+,25-,26+,27+,28?/m1/s1. The lowest BCUT2D eigenvalue weighted by molar-refractivity contribution is -0.143. The molecular weight excluding hydrogens is 552 g/mol. The number of benzene rings is 2. The Bertz CT molecular complexity index is 1290. The fraction of sp³-hybridized carbons (Fsp3) is 0.500. The van der Waals surface area contributed by atoms with Gasteiger partial charge in [0.1, 0.15) is 12.8 Å². The first-order valence-corrected chi connectivity index (χ1v) is 13.5. The molecular formula is C30H31F6NO4. The lowest BCUT2D eigenvalue weighted by Crippen LogP contribution is -2.40. The summed E-state index contributed by atoms with van der Waals surface area (Å²) in [5.74, 6) is -0.829. The van der Waals surface area contributed by atoms with Crippen LogP contribution >= 0.6 is 0 Å². The molecule has 2 aromatic rings. The Kier molecular flexibility index (Phi) is 7.99. The predicted molar refractivity (Wildman–Crippen MR) is 136 cm³/mol. The Morgan fingerprint density at radius 1 is 0.976 bits per heavy atom. The van der Waals surface area contributed by atoms with Crippen LogP contribution in [0.2, 0.25) is 0 Å². The van der Waals surface area contributed by atoms with Gasteiger partial charge in [0.05, 0.1) is 29.9 Å². The zero-order valence-electron chi connectivity index (χ0n) is 22.5. The molecule has 11 heteroatoms. The van der Waals surface area contributed by atoms with E-state index in [0.717, 1.165) is 11.1 Å². The Hall–Kier alpha value is -2.89. The predicted octanol–water partition coefficient (Wildman–Crippen LogP) is 6.41. The SMILES string of the molecule is Cc1ccccc1[C@H]1[C@@H]2CN(C3=CC(=O)COC3)C(O)[C@H]2CC[C@@H]1O[C@H](C)c1cc(C(F)(F)F)cc(C(F)(F)F)c1. The summed E-state index contributed by atoms with van der Waals surface area (Å²) in [5.41, 5.74) is -0.498. The molecule has 1 aliphatic carbocycles. The van der Waals surface area contributed by atoms with Crippen molar-refractivity contribution in [2.45, 2.75) is 63.4 Å². The fourth-order valence-corrected chi connectivity index (χ4v) is 6.55. The van der Waals surface area contributed by atoms with E-state index in [2.05, 4.69) is 0 Å². The highest BCUT2D eigenvalue weighted by molar-refractivity contribution is 5.92. The molecule has 2 heterocycles. The molecule has 41 heavy (non-hydrogen) atoms. The first-order chi connectivity index (χ1) is 19.2. The van der Waals surface area contributed by atoms with Gasteiger partial charge in [0.2, 0.25) is 0 Å². The van der Waals surface area contributed by atoms with Gasteiger partial charge in [0.25, 0.3) is 0 Å². The summed E-state index contributed by atoms with van der Waals surface area (Å²) in [7, 11) is 0. The van der Waals surface area contributed by atoms with Crippen molar-refractivity contribution in [1.29, 1.82) is 0 Å². The number of carbonyl (C=O) groups is 1. The average Bonchev–Trinajstić information content (AvgIpc) is 3.24. The molecule has 1 saturated carbocycles. The minimum Gasteiger partial charge on any atom is -0.373 e. The van der Waals surface area contributed by atoms with Gasteiger partial charge in [-0.1, -0.05) is 24.3 Å². The molecule has 0 radical (unpaired) electrons. The zero-order valence-corrected chi connectivity index (χ0v) is 22.5. The number of nitrogens with zero attached hydrogens (tertiary/aromatic N) is 1. The Morgan fingerprint density at radius 3 is 2.24 bits per heavy atom. The van der Waals surface area contributed by atoms with Crippen molar-refractivity contribution in [3.8, 4) is 0 Å². The van der Waals surface area contributed by atoms with Gasteiger partial charge in [-0.05, 0) is 67.5 Å². The number of hydrogen-bond acceptors (Lipinski definition) is 5. The monoisotopic (exact) mass is 583 g/mol. The van der Waals surface area contributed by atoms with Crippen molar-refractivity contribution in [1.82, 2.24) is 4.90 Å². The van der Waals surface area contributed by atoms with E-state index in [9.17, 15) is 36.2 Å². The molecule has 0 aromatic heterocycles. The Labute approximate surface area is 233 Å². The quantitative estimate of drug-likeness (QED) is 0.413. The number of hydrogen-bond donors (Lipinski definition) is 1. The van der Waals surface area contributed by atoms with Gasteiger partial charge in [0.15, 0.2) is 5.78 Å². The van der Waals surface area contributed by atoms with E-state index in [-0.39, 0.29) is 48.4 Å². The summed E-state index contributed by atoms with van der Waals surface area (Å²) in [5, 5.41) is 11.3. The van der Waals surface area contributed by atoms with Crippen LogP contribution < -0.4 is 0 Å². The van der Waals surface area contributed by atoms with Gasteiger partial charge in [-0.15, -0.1) is 0 Å². The number of fused-ring (bicyclic) bond motifs is 1. The minimum atomic E-state index is -4.96. The van der Waals surface area contributed by atoms with Gasteiger partial charge in [-0.25, -0.2) is 0 Å². The van der Waals surface area contributed by atoms with Crippen molar-refractivity contribution in [2.24, 2.45) is 11.8 Å². The van der Waals surface area contributed by atoms with Crippen LogP contribution in [0.15, 0.2) is 54.2 Å². The number of ether oxygens (including phenoxy) is 2. The van der Waals surface area contributed by atoms with Crippen LogP contribution in [0.5, 0.6) is 0 Å². The third kappa shape index (κ3) is 6.03. The highest BCUT2D eigenvalue weighted by atomic mass is 19.4. The third-order valence-electron chi connectivity index (χ3n) is 8.50. The van der Waals surface area contributed by atoms with Crippen LogP contribution in [0.3, 0.4) is 0 Å². The molecule has 1 N–H and O–H groups in total. The second kappa shape index (κ2) is 11.1. The number of ketones is 1. The Morgan fingerprint density at radius 2 is 1.63 bits per heavy atom. The highest BCUT2D eigenvalue weighted by Crippen LogP contribution is 2.51. The summed E-state index contributed by atoms with van der Waals surface area (Å²) in [6, 6.07) is 9.15. The van der Waals surface area contributed by atoms with Crippen LogP contribution in [0.1, 0.15) is 59.6 Å². The van der Waals surface area contributed by atoms with Gasteiger partial charge in [-0.3, -0.25) is 4.79 Å². The maximum atomic E-state index is 13.5. The van der Waals surface area contributed by atoms with Gasteiger partial charge < -0.3 is 19.5 Å². The molecule has 1 saturated heterocycles. The molecule has 5 rings (SSSR count). The topological polar surface area (TPSA) is 59.0 Å². The number of halogens is 6. The number of aliphatic hydroxyl groups excluding tert-OH is 1. The molecule has 1 unspecified atom stereocenters. The number of aliphatic hydroxyl groups is 1. The smallest absolute Gasteiger partial charge is 0.373 e. The van der Waals surface area contributed by atoms with E-state index >= 15 is 0 Å². The van der Waals surface area contributed by atoms with Crippen molar-refractivity contribution in [3.63, 3.8) is 0 Å². The van der Waals surface area contributed by atoms with Crippen molar-refractivity contribution in [3.05, 3.63) is 82.1 Å². The Balaban J connectivity index is 1.48. The molecule has 222 valence electrons. The maximum Gasteiger partial charge on any atom is 0.416 e. The third-order valence-corrected chi connectivity index (χ3v) is 8.50. The molecule has 5 nitrogen and oxygen atoms in total. The number of rotatable bonds is 5. The van der Waals surface area contributed by atoms with E-state index < -0.39 is 41.9 Å². The molecule has 0 bridgehead atoms. The summed E-state index contributed by atoms with van der Waals surface area (Å²) in [6.07, 6.45) is -9.95. The molecule has 3 aliphatic rings. The summed E-state index contributed by atoms with van der Waals surface area (Å²) < 4.78 is 92.8. The van der Waals surface area contributed by atoms with Crippen LogP contribution in [-0.2, 0) is 26.6 Å². The second-order valence-electron chi connectivity index (χ2n) is 11.1. The van der Waals surface area contributed by atoms with E-state index in [4.69, 9.17) is 9.47 Å². The zero-order chi connectivity index (χ0) is 29.7. The molecule has 0 amide bonds.